The number of hydrogen-bond acceptors (Lipinski definition) is 4. The van der Waals surface area contributed by atoms with E-state index in [1.807, 2.05) is 0 Å². The van der Waals surface area contributed by atoms with Gasteiger partial charge < -0.3 is 5.32 Å². The predicted molar refractivity (Wildman–Crippen MR) is 65.8 cm³/mol. The third-order valence-corrected chi connectivity index (χ3v) is 5.04. The van der Waals surface area contributed by atoms with Gasteiger partial charge in [-0.2, -0.15) is 0 Å². The lowest BCUT2D eigenvalue weighted by atomic mass is 9.84. The molecule has 2 bridgehead atoms. The van der Waals surface area contributed by atoms with Crippen LogP contribution in [-0.4, -0.2) is 21.5 Å². The number of rotatable bonds is 3. The first kappa shape index (κ1) is 11.1. The summed E-state index contributed by atoms with van der Waals surface area (Å²) in [6.45, 7) is 2.14. The number of nitrogens with zero attached hydrogens (tertiary/aromatic N) is 2. The Kier molecular flexibility index (Phi) is 2.86. The fourth-order valence-corrected chi connectivity index (χ4v) is 3.98. The molecule has 1 amide bonds. The number of carbonyl (C=O) groups is 1. The van der Waals surface area contributed by atoms with Crippen LogP contribution in [0.5, 0.6) is 0 Å². The minimum absolute atomic E-state index is 0.0183. The molecule has 1 N–H and O–H groups in total. The van der Waals surface area contributed by atoms with Crippen LogP contribution in [0.1, 0.15) is 42.3 Å². The monoisotopic (exact) mass is 251 g/mol. The minimum atomic E-state index is -0.0183. The van der Waals surface area contributed by atoms with E-state index in [9.17, 15) is 4.79 Å². The molecule has 0 aliphatic heterocycles. The van der Waals surface area contributed by atoms with Gasteiger partial charge in [0.25, 0.3) is 5.91 Å². The van der Waals surface area contributed by atoms with Crippen molar-refractivity contribution in [3.8, 4) is 0 Å². The average Bonchev–Trinajstić information content (AvgIpc) is 3.05. The molecule has 4 nitrogen and oxygen atoms in total. The van der Waals surface area contributed by atoms with Crippen LogP contribution in [0, 0.1) is 17.8 Å². The molecular weight excluding hydrogens is 234 g/mol. The highest BCUT2D eigenvalue weighted by Crippen LogP contribution is 2.49. The van der Waals surface area contributed by atoms with Gasteiger partial charge in [0.05, 0.1) is 6.20 Å². The normalized spacial score (nSPS) is 32.6. The van der Waals surface area contributed by atoms with Crippen LogP contribution in [0.4, 0.5) is 0 Å². The summed E-state index contributed by atoms with van der Waals surface area (Å²) in [6.07, 6.45) is 6.98. The zero-order valence-corrected chi connectivity index (χ0v) is 10.7. The fourth-order valence-electron chi connectivity index (χ4n) is 3.56. The largest absolute Gasteiger partial charge is 0.348 e. The molecule has 4 atom stereocenters. The number of amides is 1. The fraction of sp³-hybridized carbons (Fsp3) is 0.750. The van der Waals surface area contributed by atoms with Gasteiger partial charge in [-0.15, -0.1) is 5.10 Å². The predicted octanol–water partition coefficient (Wildman–Crippen LogP) is 2.09. The Morgan fingerprint density at radius 1 is 1.53 bits per heavy atom. The van der Waals surface area contributed by atoms with Crippen LogP contribution in [-0.2, 0) is 0 Å². The van der Waals surface area contributed by atoms with Crippen molar-refractivity contribution in [3.63, 3.8) is 0 Å². The molecule has 1 aromatic rings. The quantitative estimate of drug-likeness (QED) is 0.895. The van der Waals surface area contributed by atoms with Crippen LogP contribution in [0.25, 0.3) is 0 Å². The Hall–Kier alpha value is -0.970. The van der Waals surface area contributed by atoms with E-state index in [2.05, 4.69) is 21.8 Å². The number of carbonyl (C=O) groups excluding carboxylic acids is 1. The van der Waals surface area contributed by atoms with Gasteiger partial charge in [0, 0.05) is 6.04 Å². The van der Waals surface area contributed by atoms with Crippen molar-refractivity contribution in [1.82, 2.24) is 14.9 Å². The Labute approximate surface area is 105 Å². The maximum Gasteiger partial charge on any atom is 0.264 e. The van der Waals surface area contributed by atoms with E-state index in [1.165, 1.54) is 31.9 Å². The number of nitrogens with one attached hydrogen (secondary N) is 1. The molecule has 2 fully saturated rings. The Bertz CT molecular complexity index is 406. The van der Waals surface area contributed by atoms with E-state index < -0.39 is 0 Å². The van der Waals surface area contributed by atoms with Gasteiger partial charge in [-0.1, -0.05) is 10.9 Å². The molecule has 2 aliphatic carbocycles. The summed E-state index contributed by atoms with van der Waals surface area (Å²) in [7, 11) is 0. The van der Waals surface area contributed by atoms with Gasteiger partial charge in [0.1, 0.15) is 4.88 Å². The van der Waals surface area contributed by atoms with E-state index in [-0.39, 0.29) is 11.9 Å². The summed E-state index contributed by atoms with van der Waals surface area (Å²) >= 11 is 1.16. The van der Waals surface area contributed by atoms with E-state index in [0.29, 0.717) is 10.8 Å². The van der Waals surface area contributed by atoms with Gasteiger partial charge in [-0.05, 0) is 55.5 Å². The van der Waals surface area contributed by atoms with Gasteiger partial charge in [-0.25, -0.2) is 0 Å². The third-order valence-electron chi connectivity index (χ3n) is 4.38. The lowest BCUT2D eigenvalue weighted by Gasteiger charge is -2.28. The van der Waals surface area contributed by atoms with E-state index in [1.54, 1.807) is 0 Å². The molecule has 2 saturated carbocycles. The lowest BCUT2D eigenvalue weighted by Crippen LogP contribution is -2.39. The molecule has 1 aromatic heterocycles. The molecule has 0 spiro atoms. The molecule has 17 heavy (non-hydrogen) atoms. The molecular formula is C12H17N3OS. The molecule has 0 aromatic carbocycles. The summed E-state index contributed by atoms with van der Waals surface area (Å²) in [5.41, 5.74) is 0. The van der Waals surface area contributed by atoms with Gasteiger partial charge >= 0.3 is 0 Å². The van der Waals surface area contributed by atoms with Crippen LogP contribution >= 0.6 is 11.5 Å². The maximum atomic E-state index is 11.9. The second kappa shape index (κ2) is 4.37. The van der Waals surface area contributed by atoms with E-state index in [0.717, 1.165) is 23.4 Å². The van der Waals surface area contributed by atoms with Crippen molar-refractivity contribution >= 4 is 17.4 Å². The summed E-state index contributed by atoms with van der Waals surface area (Å²) in [5.74, 6) is 2.43. The van der Waals surface area contributed by atoms with Crippen LogP contribution in [0.2, 0.25) is 0 Å². The second-order valence-electron chi connectivity index (χ2n) is 5.38. The summed E-state index contributed by atoms with van der Waals surface area (Å²) in [5, 5.41) is 6.79. The molecule has 5 heteroatoms. The second-order valence-corrected chi connectivity index (χ2v) is 6.17. The van der Waals surface area contributed by atoms with Crippen LogP contribution in [0.3, 0.4) is 0 Å². The number of aromatic nitrogens is 2. The molecule has 4 unspecified atom stereocenters. The highest BCUT2D eigenvalue weighted by Gasteiger charge is 2.42. The van der Waals surface area contributed by atoms with Gasteiger partial charge in [-0.3, -0.25) is 4.79 Å². The highest BCUT2D eigenvalue weighted by molar-refractivity contribution is 7.07. The summed E-state index contributed by atoms with van der Waals surface area (Å²) < 4.78 is 3.72. The number of fused-ring (bicyclic) bond motifs is 2. The summed E-state index contributed by atoms with van der Waals surface area (Å²) in [6, 6.07) is 0.278. The first-order valence-corrected chi connectivity index (χ1v) is 7.09. The van der Waals surface area contributed by atoms with Crippen LogP contribution in [0.15, 0.2) is 6.20 Å². The van der Waals surface area contributed by atoms with Crippen molar-refractivity contribution in [2.75, 3.05) is 0 Å². The minimum Gasteiger partial charge on any atom is -0.348 e. The first-order valence-electron chi connectivity index (χ1n) is 6.32. The maximum absolute atomic E-state index is 11.9. The van der Waals surface area contributed by atoms with Crippen molar-refractivity contribution in [2.45, 2.75) is 38.6 Å². The molecule has 1 heterocycles. The zero-order valence-electron chi connectivity index (χ0n) is 9.93. The molecule has 92 valence electrons. The van der Waals surface area contributed by atoms with Crippen molar-refractivity contribution in [1.29, 1.82) is 0 Å². The van der Waals surface area contributed by atoms with Crippen molar-refractivity contribution in [2.24, 2.45) is 17.8 Å². The molecule has 2 aliphatic rings. The smallest absolute Gasteiger partial charge is 0.264 e. The van der Waals surface area contributed by atoms with Crippen molar-refractivity contribution in [3.05, 3.63) is 11.1 Å². The Morgan fingerprint density at radius 3 is 3.00 bits per heavy atom. The third kappa shape index (κ3) is 2.08. The Balaban J connectivity index is 1.60. The molecule has 0 radical (unpaired) electrons. The van der Waals surface area contributed by atoms with E-state index in [4.69, 9.17) is 0 Å². The zero-order chi connectivity index (χ0) is 11.8. The van der Waals surface area contributed by atoms with Gasteiger partial charge in [0.15, 0.2) is 0 Å². The van der Waals surface area contributed by atoms with Crippen molar-refractivity contribution < 1.29 is 4.79 Å². The van der Waals surface area contributed by atoms with Crippen LogP contribution < -0.4 is 5.32 Å². The number of hydrogen-bond donors (Lipinski definition) is 1. The summed E-state index contributed by atoms with van der Waals surface area (Å²) in [4.78, 5) is 12.5. The molecule has 0 saturated heterocycles. The molecule has 3 rings (SSSR count). The average molecular weight is 251 g/mol. The lowest BCUT2D eigenvalue weighted by molar-refractivity contribution is 0.0919. The topological polar surface area (TPSA) is 54.9 Å². The standard InChI is InChI=1S/C12H17N3OS/c1-7(10-5-8-2-3-9(10)4-8)14-12(16)11-6-13-15-17-11/h6-10H,2-5H2,1H3,(H,14,16). The van der Waals surface area contributed by atoms with Gasteiger partial charge in [0.2, 0.25) is 0 Å². The highest BCUT2D eigenvalue weighted by atomic mass is 32.1. The SMILES string of the molecule is CC(NC(=O)c1cnns1)C1CC2CCC1C2. The Morgan fingerprint density at radius 2 is 2.41 bits per heavy atom. The first-order chi connectivity index (χ1) is 8.24. The van der Waals surface area contributed by atoms with E-state index >= 15 is 0 Å².